The van der Waals surface area contributed by atoms with Crippen molar-refractivity contribution in [2.75, 3.05) is 14.2 Å². The van der Waals surface area contributed by atoms with Gasteiger partial charge in [-0.15, -0.1) is 0 Å². The van der Waals surface area contributed by atoms with Gasteiger partial charge in [-0.2, -0.15) is 0 Å². The Hall–Kier alpha value is -1.38. The maximum absolute atomic E-state index is 11.5. The van der Waals surface area contributed by atoms with E-state index in [1.54, 1.807) is 13.8 Å². The first-order chi connectivity index (χ1) is 8.73. The fraction of sp³-hybridized carbons (Fsp3) is 0.545. The Labute approximate surface area is 112 Å². The second-order valence-corrected chi connectivity index (χ2v) is 6.22. The fourth-order valence-electron chi connectivity index (χ4n) is 1.33. The number of furan rings is 1. The molecule has 0 aliphatic heterocycles. The molecule has 0 saturated heterocycles. The SMILES string of the molecule is CNS(=O)(=O)c1ccc(CNC(C)(C)C(=O)OC)o1. The van der Waals surface area contributed by atoms with Gasteiger partial charge in [0.05, 0.1) is 13.7 Å². The zero-order chi connectivity index (χ0) is 14.7. The van der Waals surface area contributed by atoms with Gasteiger partial charge in [0.1, 0.15) is 11.3 Å². The molecule has 0 aromatic carbocycles. The van der Waals surface area contributed by atoms with Crippen LogP contribution in [-0.2, 0) is 26.1 Å². The molecule has 7 nitrogen and oxygen atoms in total. The summed E-state index contributed by atoms with van der Waals surface area (Å²) in [6, 6.07) is 2.89. The van der Waals surface area contributed by atoms with E-state index in [1.165, 1.54) is 26.3 Å². The first kappa shape index (κ1) is 15.7. The van der Waals surface area contributed by atoms with Crippen LogP contribution in [0.2, 0.25) is 0 Å². The van der Waals surface area contributed by atoms with Crippen molar-refractivity contribution in [1.82, 2.24) is 10.0 Å². The average molecular weight is 290 g/mol. The molecular formula is C11H18N2O5S. The second-order valence-electron chi connectivity index (χ2n) is 4.40. The monoisotopic (exact) mass is 290 g/mol. The molecule has 0 amide bonds. The third-order valence-corrected chi connectivity index (χ3v) is 3.86. The van der Waals surface area contributed by atoms with Crippen LogP contribution in [0.1, 0.15) is 19.6 Å². The Morgan fingerprint density at radius 3 is 2.58 bits per heavy atom. The Kier molecular flexibility index (Phi) is 4.72. The first-order valence-corrected chi connectivity index (χ1v) is 7.07. The Bertz CT molecular complexity index is 547. The number of sulfonamides is 1. The molecule has 0 fully saturated rings. The van der Waals surface area contributed by atoms with E-state index in [4.69, 9.17) is 4.42 Å². The summed E-state index contributed by atoms with van der Waals surface area (Å²) in [6.45, 7) is 3.53. The molecule has 8 heteroatoms. The molecule has 0 saturated carbocycles. The van der Waals surface area contributed by atoms with E-state index in [0.717, 1.165) is 0 Å². The quantitative estimate of drug-likeness (QED) is 0.728. The van der Waals surface area contributed by atoms with Crippen molar-refractivity contribution in [2.24, 2.45) is 0 Å². The normalized spacial score (nSPS) is 12.4. The van der Waals surface area contributed by atoms with Crippen LogP contribution in [0.3, 0.4) is 0 Å². The van der Waals surface area contributed by atoms with Crippen molar-refractivity contribution in [3.63, 3.8) is 0 Å². The number of esters is 1. The summed E-state index contributed by atoms with van der Waals surface area (Å²) in [5.41, 5.74) is -0.885. The number of methoxy groups -OCH3 is 1. The number of carbonyl (C=O) groups excluding carboxylic acids is 1. The first-order valence-electron chi connectivity index (χ1n) is 5.58. The van der Waals surface area contributed by atoms with Crippen LogP contribution >= 0.6 is 0 Å². The van der Waals surface area contributed by atoms with Crippen LogP contribution < -0.4 is 10.0 Å². The van der Waals surface area contributed by atoms with Crippen LogP contribution in [0.5, 0.6) is 0 Å². The summed E-state index contributed by atoms with van der Waals surface area (Å²) in [7, 11) is -0.985. The molecule has 0 aliphatic rings. The second kappa shape index (κ2) is 5.72. The number of carbonyl (C=O) groups is 1. The molecule has 0 unspecified atom stereocenters. The van der Waals surface area contributed by atoms with E-state index >= 15 is 0 Å². The molecule has 19 heavy (non-hydrogen) atoms. The van der Waals surface area contributed by atoms with Gasteiger partial charge in [-0.1, -0.05) is 0 Å². The minimum absolute atomic E-state index is 0.164. The zero-order valence-electron chi connectivity index (χ0n) is 11.3. The van der Waals surface area contributed by atoms with Crippen molar-refractivity contribution < 1.29 is 22.4 Å². The maximum Gasteiger partial charge on any atom is 0.325 e. The van der Waals surface area contributed by atoms with Gasteiger partial charge in [0, 0.05) is 0 Å². The van der Waals surface area contributed by atoms with Gasteiger partial charge in [0.2, 0.25) is 5.09 Å². The molecular weight excluding hydrogens is 272 g/mol. The van der Waals surface area contributed by atoms with Crippen LogP contribution in [0.25, 0.3) is 0 Å². The molecule has 1 aromatic heterocycles. The predicted octanol–water partition coefficient (Wildman–Crippen LogP) is 0.229. The highest BCUT2D eigenvalue weighted by Gasteiger charge is 2.28. The van der Waals surface area contributed by atoms with E-state index < -0.39 is 21.5 Å². The molecule has 1 rings (SSSR count). The Morgan fingerprint density at radius 1 is 1.42 bits per heavy atom. The van der Waals surface area contributed by atoms with E-state index in [-0.39, 0.29) is 11.6 Å². The van der Waals surface area contributed by atoms with Crippen molar-refractivity contribution in [2.45, 2.75) is 31.0 Å². The molecule has 0 radical (unpaired) electrons. The lowest BCUT2D eigenvalue weighted by Crippen LogP contribution is -2.46. The smallest absolute Gasteiger partial charge is 0.325 e. The molecule has 0 spiro atoms. The van der Waals surface area contributed by atoms with Crippen molar-refractivity contribution >= 4 is 16.0 Å². The van der Waals surface area contributed by atoms with Gasteiger partial charge in [-0.3, -0.25) is 10.1 Å². The summed E-state index contributed by atoms with van der Waals surface area (Å²) >= 11 is 0. The van der Waals surface area contributed by atoms with E-state index in [1.807, 2.05) is 0 Å². The van der Waals surface area contributed by atoms with E-state index in [0.29, 0.717) is 5.76 Å². The van der Waals surface area contributed by atoms with Crippen molar-refractivity contribution in [3.8, 4) is 0 Å². The Balaban J connectivity index is 2.73. The van der Waals surface area contributed by atoms with Crippen molar-refractivity contribution in [1.29, 1.82) is 0 Å². The average Bonchev–Trinajstić information content (AvgIpc) is 2.85. The van der Waals surface area contributed by atoms with E-state index in [9.17, 15) is 13.2 Å². The third-order valence-electron chi connectivity index (χ3n) is 2.57. The van der Waals surface area contributed by atoms with Gasteiger partial charge >= 0.3 is 5.97 Å². The summed E-state index contributed by atoms with van der Waals surface area (Å²) in [4.78, 5) is 11.4. The van der Waals surface area contributed by atoms with Crippen LogP contribution in [0, 0.1) is 0 Å². The topological polar surface area (TPSA) is 97.6 Å². The van der Waals surface area contributed by atoms with Crippen LogP contribution in [0.15, 0.2) is 21.6 Å². The molecule has 0 atom stereocenters. The molecule has 108 valence electrons. The zero-order valence-corrected chi connectivity index (χ0v) is 12.1. The van der Waals surface area contributed by atoms with Crippen LogP contribution in [-0.4, -0.2) is 34.1 Å². The predicted molar refractivity (Wildman–Crippen MR) is 67.9 cm³/mol. The van der Waals surface area contributed by atoms with Gasteiger partial charge in [0.15, 0.2) is 0 Å². The molecule has 1 aromatic rings. The van der Waals surface area contributed by atoms with Gasteiger partial charge < -0.3 is 9.15 Å². The summed E-state index contributed by atoms with van der Waals surface area (Å²) in [5.74, 6) is -0.00655. The molecule has 1 heterocycles. The number of rotatable bonds is 6. The summed E-state index contributed by atoms with van der Waals surface area (Å²) in [5, 5.41) is 2.76. The summed E-state index contributed by atoms with van der Waals surface area (Å²) in [6.07, 6.45) is 0. The van der Waals surface area contributed by atoms with Gasteiger partial charge in [-0.05, 0) is 33.0 Å². The molecule has 2 N–H and O–H groups in total. The highest BCUT2D eigenvalue weighted by atomic mass is 32.2. The number of hydrogen-bond acceptors (Lipinski definition) is 6. The maximum atomic E-state index is 11.5. The molecule has 0 bridgehead atoms. The number of hydrogen-bond donors (Lipinski definition) is 2. The Morgan fingerprint density at radius 2 is 2.05 bits per heavy atom. The minimum Gasteiger partial charge on any atom is -0.468 e. The highest BCUT2D eigenvalue weighted by Crippen LogP contribution is 2.14. The minimum atomic E-state index is -3.59. The molecule has 0 aliphatic carbocycles. The fourth-order valence-corrected chi connectivity index (χ4v) is 2.00. The lowest BCUT2D eigenvalue weighted by molar-refractivity contribution is -0.147. The number of nitrogens with one attached hydrogen (secondary N) is 2. The lowest BCUT2D eigenvalue weighted by Gasteiger charge is -2.22. The third kappa shape index (κ3) is 3.79. The standard InChI is InChI=1S/C11H18N2O5S/c1-11(2,10(14)17-4)13-7-8-5-6-9(18-8)19(15,16)12-3/h5-6,12-13H,7H2,1-4H3. The van der Waals surface area contributed by atoms with Crippen molar-refractivity contribution in [3.05, 3.63) is 17.9 Å². The largest absolute Gasteiger partial charge is 0.468 e. The van der Waals surface area contributed by atoms with Gasteiger partial charge in [0.25, 0.3) is 10.0 Å². The van der Waals surface area contributed by atoms with Crippen LogP contribution in [0.4, 0.5) is 0 Å². The number of ether oxygens (including phenoxy) is 1. The highest BCUT2D eigenvalue weighted by molar-refractivity contribution is 7.89. The van der Waals surface area contributed by atoms with E-state index in [2.05, 4.69) is 14.8 Å². The summed E-state index contributed by atoms with van der Waals surface area (Å²) < 4.78 is 34.9. The van der Waals surface area contributed by atoms with Gasteiger partial charge in [-0.25, -0.2) is 13.1 Å². The lowest BCUT2D eigenvalue weighted by atomic mass is 10.1.